The van der Waals surface area contributed by atoms with Crippen LogP contribution in [0.25, 0.3) is 6.08 Å². The van der Waals surface area contributed by atoms with E-state index in [0.717, 1.165) is 17.0 Å². The number of likely N-dealkylation sites (N-methyl/N-ethyl adjacent to an activating group) is 1. The Bertz CT molecular complexity index is 695. The average Bonchev–Trinajstić information content (AvgIpc) is 3.02. The minimum Gasteiger partial charge on any atom is -0.454 e. The Morgan fingerprint density at radius 3 is 2.68 bits per heavy atom. The zero-order chi connectivity index (χ0) is 15.4. The lowest BCUT2D eigenvalue weighted by molar-refractivity contribution is -0.114. The molecule has 0 saturated carbocycles. The van der Waals surface area contributed by atoms with Crippen LogP contribution in [0.5, 0.6) is 11.5 Å². The van der Waals surface area contributed by atoms with E-state index in [1.807, 2.05) is 55.5 Å². The number of rotatable bonds is 4. The van der Waals surface area contributed by atoms with E-state index in [-0.39, 0.29) is 12.7 Å². The monoisotopic (exact) mass is 295 g/mol. The number of fused-ring (bicyclic) bond motifs is 1. The summed E-state index contributed by atoms with van der Waals surface area (Å²) < 4.78 is 10.6. The summed E-state index contributed by atoms with van der Waals surface area (Å²) in [4.78, 5) is 14.1. The van der Waals surface area contributed by atoms with Crippen molar-refractivity contribution in [1.29, 1.82) is 0 Å². The second-order valence-corrected chi connectivity index (χ2v) is 4.86. The number of ether oxygens (including phenoxy) is 2. The predicted molar refractivity (Wildman–Crippen MR) is 86.1 cm³/mol. The van der Waals surface area contributed by atoms with E-state index in [2.05, 4.69) is 0 Å². The Morgan fingerprint density at radius 1 is 1.14 bits per heavy atom. The summed E-state index contributed by atoms with van der Waals surface area (Å²) in [6, 6.07) is 15.2. The van der Waals surface area contributed by atoms with Crippen LogP contribution in [0.2, 0.25) is 0 Å². The highest BCUT2D eigenvalue weighted by Crippen LogP contribution is 2.32. The number of hydrogen-bond donors (Lipinski definition) is 0. The molecule has 0 fully saturated rings. The second kappa shape index (κ2) is 6.35. The standard InChI is InChI=1S/C18H17NO3/c1-2-19(15-6-4-3-5-7-15)18(20)11-9-14-8-10-16-17(12-14)22-13-21-16/h3-12H,2,13H2,1H3. The maximum absolute atomic E-state index is 12.4. The fraction of sp³-hybridized carbons (Fsp3) is 0.167. The molecule has 112 valence electrons. The third kappa shape index (κ3) is 2.96. The molecule has 4 nitrogen and oxygen atoms in total. The van der Waals surface area contributed by atoms with E-state index in [9.17, 15) is 4.79 Å². The molecular formula is C18H17NO3. The highest BCUT2D eigenvalue weighted by atomic mass is 16.7. The molecule has 0 bridgehead atoms. The topological polar surface area (TPSA) is 38.8 Å². The highest BCUT2D eigenvalue weighted by molar-refractivity contribution is 6.03. The summed E-state index contributed by atoms with van der Waals surface area (Å²) in [5.41, 5.74) is 1.80. The Morgan fingerprint density at radius 2 is 1.91 bits per heavy atom. The lowest BCUT2D eigenvalue weighted by Gasteiger charge is -2.19. The molecule has 0 aromatic heterocycles. The third-order valence-electron chi connectivity index (χ3n) is 3.47. The fourth-order valence-electron chi connectivity index (χ4n) is 2.35. The quantitative estimate of drug-likeness (QED) is 0.811. The van der Waals surface area contributed by atoms with E-state index in [1.54, 1.807) is 17.1 Å². The fourth-order valence-corrected chi connectivity index (χ4v) is 2.35. The van der Waals surface area contributed by atoms with Crippen molar-refractivity contribution in [2.75, 3.05) is 18.2 Å². The smallest absolute Gasteiger partial charge is 0.250 e. The SMILES string of the molecule is CCN(C(=O)C=Cc1ccc2c(c1)OCO2)c1ccccc1. The molecule has 2 aromatic rings. The van der Waals surface area contributed by atoms with E-state index in [4.69, 9.17) is 9.47 Å². The number of hydrogen-bond acceptors (Lipinski definition) is 3. The van der Waals surface area contributed by atoms with Gasteiger partial charge >= 0.3 is 0 Å². The second-order valence-electron chi connectivity index (χ2n) is 4.86. The van der Waals surface area contributed by atoms with Crippen molar-refractivity contribution in [2.45, 2.75) is 6.92 Å². The van der Waals surface area contributed by atoms with Crippen LogP contribution in [0.1, 0.15) is 12.5 Å². The van der Waals surface area contributed by atoms with Crippen molar-refractivity contribution >= 4 is 17.7 Å². The molecule has 0 atom stereocenters. The molecule has 4 heteroatoms. The van der Waals surface area contributed by atoms with Gasteiger partial charge in [-0.2, -0.15) is 0 Å². The molecule has 22 heavy (non-hydrogen) atoms. The number of benzene rings is 2. The van der Waals surface area contributed by atoms with Crippen LogP contribution in [-0.4, -0.2) is 19.2 Å². The summed E-state index contributed by atoms with van der Waals surface area (Å²) >= 11 is 0. The molecule has 2 aromatic carbocycles. The largest absolute Gasteiger partial charge is 0.454 e. The highest BCUT2D eigenvalue weighted by Gasteiger charge is 2.13. The molecule has 0 saturated heterocycles. The van der Waals surface area contributed by atoms with Crippen molar-refractivity contribution in [3.63, 3.8) is 0 Å². The summed E-state index contributed by atoms with van der Waals surface area (Å²) in [7, 11) is 0. The maximum atomic E-state index is 12.4. The van der Waals surface area contributed by atoms with Gasteiger partial charge in [-0.05, 0) is 42.8 Å². The summed E-state index contributed by atoms with van der Waals surface area (Å²) in [5, 5.41) is 0. The van der Waals surface area contributed by atoms with Gasteiger partial charge in [-0.15, -0.1) is 0 Å². The van der Waals surface area contributed by atoms with Crippen LogP contribution >= 0.6 is 0 Å². The van der Waals surface area contributed by atoms with Gasteiger partial charge in [0.1, 0.15) is 0 Å². The molecule has 0 radical (unpaired) electrons. The predicted octanol–water partition coefficient (Wildman–Crippen LogP) is 3.48. The van der Waals surface area contributed by atoms with Gasteiger partial charge in [0.15, 0.2) is 11.5 Å². The summed E-state index contributed by atoms with van der Waals surface area (Å²) in [6.45, 7) is 2.83. The van der Waals surface area contributed by atoms with Gasteiger partial charge in [-0.25, -0.2) is 0 Å². The zero-order valence-electron chi connectivity index (χ0n) is 12.4. The number of anilines is 1. The number of amides is 1. The molecular weight excluding hydrogens is 278 g/mol. The van der Waals surface area contributed by atoms with Crippen molar-refractivity contribution in [2.24, 2.45) is 0 Å². The lowest BCUT2D eigenvalue weighted by atomic mass is 10.2. The minimum absolute atomic E-state index is 0.0497. The van der Waals surface area contributed by atoms with Crippen LogP contribution in [-0.2, 0) is 4.79 Å². The molecule has 0 spiro atoms. The lowest BCUT2D eigenvalue weighted by Crippen LogP contribution is -2.28. The van der Waals surface area contributed by atoms with E-state index < -0.39 is 0 Å². The van der Waals surface area contributed by atoms with Crippen molar-refractivity contribution < 1.29 is 14.3 Å². The Kier molecular flexibility index (Phi) is 4.10. The first-order valence-electron chi connectivity index (χ1n) is 7.22. The number of carbonyl (C=O) groups excluding carboxylic acids is 1. The van der Waals surface area contributed by atoms with Gasteiger partial charge in [0, 0.05) is 18.3 Å². The molecule has 0 aliphatic carbocycles. The summed E-state index contributed by atoms with van der Waals surface area (Å²) in [5.74, 6) is 1.40. The van der Waals surface area contributed by atoms with Crippen molar-refractivity contribution in [1.82, 2.24) is 0 Å². The molecule has 3 rings (SSSR count). The molecule has 1 heterocycles. The van der Waals surface area contributed by atoms with Crippen LogP contribution in [0, 0.1) is 0 Å². The van der Waals surface area contributed by atoms with Crippen molar-refractivity contribution in [3.05, 3.63) is 60.2 Å². The van der Waals surface area contributed by atoms with Crippen LogP contribution in [0.3, 0.4) is 0 Å². The van der Waals surface area contributed by atoms with Gasteiger partial charge in [0.2, 0.25) is 6.79 Å². The van der Waals surface area contributed by atoms with Crippen LogP contribution in [0.15, 0.2) is 54.6 Å². The van der Waals surface area contributed by atoms with Crippen molar-refractivity contribution in [3.8, 4) is 11.5 Å². The van der Waals surface area contributed by atoms with E-state index in [1.165, 1.54) is 0 Å². The van der Waals surface area contributed by atoms with E-state index >= 15 is 0 Å². The molecule has 1 aliphatic heterocycles. The van der Waals surface area contributed by atoms with Gasteiger partial charge in [-0.1, -0.05) is 24.3 Å². The van der Waals surface area contributed by atoms with Gasteiger partial charge < -0.3 is 14.4 Å². The Labute approximate surface area is 129 Å². The molecule has 1 aliphatic rings. The van der Waals surface area contributed by atoms with Gasteiger partial charge in [-0.3, -0.25) is 4.79 Å². The van der Waals surface area contributed by atoms with Gasteiger partial charge in [0.05, 0.1) is 0 Å². The number of para-hydroxylation sites is 1. The van der Waals surface area contributed by atoms with Crippen LogP contribution in [0.4, 0.5) is 5.69 Å². The first-order chi connectivity index (χ1) is 10.8. The molecule has 1 amide bonds. The first kappa shape index (κ1) is 14.2. The normalized spacial score (nSPS) is 12.6. The summed E-state index contributed by atoms with van der Waals surface area (Å²) in [6.07, 6.45) is 3.37. The molecule has 0 unspecified atom stereocenters. The molecule has 0 N–H and O–H groups in total. The number of nitrogens with zero attached hydrogens (tertiary/aromatic N) is 1. The maximum Gasteiger partial charge on any atom is 0.250 e. The zero-order valence-corrected chi connectivity index (χ0v) is 12.4. The third-order valence-corrected chi connectivity index (χ3v) is 3.47. The first-order valence-corrected chi connectivity index (χ1v) is 7.22. The van der Waals surface area contributed by atoms with Crippen LogP contribution < -0.4 is 14.4 Å². The minimum atomic E-state index is -0.0497. The van der Waals surface area contributed by atoms with E-state index in [0.29, 0.717) is 12.3 Å². The average molecular weight is 295 g/mol. The Hall–Kier alpha value is -2.75. The number of carbonyl (C=O) groups is 1. The van der Waals surface area contributed by atoms with Gasteiger partial charge in [0.25, 0.3) is 5.91 Å². The Balaban J connectivity index is 1.75.